The van der Waals surface area contributed by atoms with E-state index in [0.29, 0.717) is 0 Å². The summed E-state index contributed by atoms with van der Waals surface area (Å²) in [5, 5.41) is 2.51. The lowest BCUT2D eigenvalue weighted by molar-refractivity contribution is 0.641. The zero-order valence-corrected chi connectivity index (χ0v) is 28.5. The third-order valence-electron chi connectivity index (χ3n) is 9.98. The Morgan fingerprint density at radius 2 is 0.700 bits per heavy atom. The smallest absolute Gasteiger partial charge is 0.0462 e. The van der Waals surface area contributed by atoms with Crippen molar-refractivity contribution in [3.05, 3.63) is 211 Å². The Morgan fingerprint density at radius 3 is 1.28 bits per heavy atom. The molecule has 0 amide bonds. The van der Waals surface area contributed by atoms with Crippen LogP contribution in [-0.2, 0) is 5.41 Å². The van der Waals surface area contributed by atoms with E-state index in [0.717, 1.165) is 17.1 Å². The maximum Gasteiger partial charge on any atom is 0.0462 e. The Morgan fingerprint density at radius 1 is 0.300 bits per heavy atom. The van der Waals surface area contributed by atoms with E-state index in [-0.39, 0.29) is 5.41 Å². The Balaban J connectivity index is 1.14. The fourth-order valence-corrected chi connectivity index (χ4v) is 6.96. The van der Waals surface area contributed by atoms with Gasteiger partial charge in [0.05, 0.1) is 0 Å². The first kappa shape index (κ1) is 31.1. The van der Waals surface area contributed by atoms with Crippen molar-refractivity contribution in [1.29, 1.82) is 0 Å². The lowest BCUT2D eigenvalue weighted by Crippen LogP contribution is -2.18. The lowest BCUT2D eigenvalue weighted by Gasteiger charge is -2.27. The molecule has 0 aliphatic heterocycles. The molecule has 8 aromatic carbocycles. The van der Waals surface area contributed by atoms with Gasteiger partial charge in [0.1, 0.15) is 0 Å². The van der Waals surface area contributed by atoms with Crippen LogP contribution in [0, 0.1) is 0 Å². The molecule has 0 heterocycles. The van der Waals surface area contributed by atoms with E-state index in [4.69, 9.17) is 0 Å². The molecule has 0 unspecified atom stereocenters. The molecular formula is C49H39N. The normalized spacial score (nSPS) is 11.4. The molecule has 8 aromatic rings. The minimum Gasteiger partial charge on any atom is -0.311 e. The first-order valence-corrected chi connectivity index (χ1v) is 17.3. The van der Waals surface area contributed by atoms with E-state index < -0.39 is 0 Å². The molecule has 8 rings (SSSR count). The summed E-state index contributed by atoms with van der Waals surface area (Å²) in [7, 11) is 0. The first-order valence-electron chi connectivity index (χ1n) is 17.3. The molecule has 0 aliphatic rings. The molecule has 0 fully saturated rings. The van der Waals surface area contributed by atoms with Crippen LogP contribution < -0.4 is 4.90 Å². The van der Waals surface area contributed by atoms with Gasteiger partial charge in [0.25, 0.3) is 0 Å². The van der Waals surface area contributed by atoms with Crippen molar-refractivity contribution in [3.8, 4) is 33.4 Å². The zero-order valence-electron chi connectivity index (χ0n) is 28.5. The van der Waals surface area contributed by atoms with Gasteiger partial charge in [-0.3, -0.25) is 0 Å². The van der Waals surface area contributed by atoms with Crippen LogP contribution in [0.3, 0.4) is 0 Å². The van der Waals surface area contributed by atoms with Crippen LogP contribution in [0.25, 0.3) is 44.2 Å². The van der Waals surface area contributed by atoms with Crippen LogP contribution in [0.15, 0.2) is 200 Å². The van der Waals surface area contributed by atoms with Gasteiger partial charge in [0, 0.05) is 22.5 Å². The number of rotatable bonds is 8. The number of nitrogens with zero attached hydrogens (tertiary/aromatic N) is 1. The number of benzene rings is 8. The quantitative estimate of drug-likeness (QED) is 0.160. The van der Waals surface area contributed by atoms with Crippen molar-refractivity contribution in [3.63, 3.8) is 0 Å². The standard InChI is InChI=1S/C49H39N/c1-49(2,44-17-7-4-8-18-44)45-19-11-16-42(35-45)39-24-30-47(31-25-39)50(46-28-22-38(23-29-46)36-12-5-3-6-13-36)48-32-26-40(27-33-48)43-21-20-37-14-9-10-15-41(37)34-43/h3-35H,1-2H3. The van der Waals surface area contributed by atoms with Crippen LogP contribution in [0.1, 0.15) is 25.0 Å². The molecule has 0 atom stereocenters. The topological polar surface area (TPSA) is 3.24 Å². The zero-order chi connectivity index (χ0) is 33.9. The summed E-state index contributed by atoms with van der Waals surface area (Å²) < 4.78 is 0. The molecule has 240 valence electrons. The maximum absolute atomic E-state index is 2.34. The Kier molecular flexibility index (Phi) is 8.32. The summed E-state index contributed by atoms with van der Waals surface area (Å²) in [6.07, 6.45) is 0. The number of hydrogen-bond acceptors (Lipinski definition) is 1. The summed E-state index contributed by atoms with van der Waals surface area (Å²) in [6, 6.07) is 72.3. The fraction of sp³-hybridized carbons (Fsp3) is 0.0612. The second-order valence-electron chi connectivity index (χ2n) is 13.5. The van der Waals surface area contributed by atoms with Gasteiger partial charge in [0.15, 0.2) is 0 Å². The van der Waals surface area contributed by atoms with Crippen LogP contribution in [0.4, 0.5) is 17.1 Å². The third-order valence-corrected chi connectivity index (χ3v) is 9.98. The van der Waals surface area contributed by atoms with Crippen molar-refractivity contribution in [2.24, 2.45) is 0 Å². The third kappa shape index (κ3) is 6.22. The van der Waals surface area contributed by atoms with Crippen LogP contribution in [0.5, 0.6) is 0 Å². The van der Waals surface area contributed by atoms with Crippen LogP contribution >= 0.6 is 0 Å². The second kappa shape index (κ2) is 13.4. The highest BCUT2D eigenvalue weighted by Crippen LogP contribution is 2.39. The Hall–Kier alpha value is -6.18. The van der Waals surface area contributed by atoms with Crippen LogP contribution in [-0.4, -0.2) is 0 Å². The van der Waals surface area contributed by atoms with Gasteiger partial charge in [-0.1, -0.05) is 172 Å². The van der Waals surface area contributed by atoms with Gasteiger partial charge in [-0.15, -0.1) is 0 Å². The summed E-state index contributed by atoms with van der Waals surface area (Å²) in [5.74, 6) is 0. The largest absolute Gasteiger partial charge is 0.311 e. The summed E-state index contributed by atoms with van der Waals surface area (Å²) in [6.45, 7) is 4.60. The second-order valence-corrected chi connectivity index (χ2v) is 13.5. The molecule has 0 saturated heterocycles. The summed E-state index contributed by atoms with van der Waals surface area (Å²) in [5.41, 5.74) is 13.1. The highest BCUT2D eigenvalue weighted by atomic mass is 15.1. The van der Waals surface area contributed by atoms with Gasteiger partial charge in [0.2, 0.25) is 0 Å². The van der Waals surface area contributed by atoms with E-state index in [1.807, 2.05) is 0 Å². The molecule has 0 aliphatic carbocycles. The van der Waals surface area contributed by atoms with Crippen LogP contribution in [0.2, 0.25) is 0 Å². The predicted molar refractivity (Wildman–Crippen MR) is 214 cm³/mol. The van der Waals surface area contributed by atoms with E-state index in [1.54, 1.807) is 0 Å². The van der Waals surface area contributed by atoms with E-state index >= 15 is 0 Å². The highest BCUT2D eigenvalue weighted by molar-refractivity contribution is 5.88. The number of hydrogen-bond donors (Lipinski definition) is 0. The molecule has 50 heavy (non-hydrogen) atoms. The number of fused-ring (bicyclic) bond motifs is 1. The SMILES string of the molecule is CC(C)(c1ccccc1)c1cccc(-c2ccc(N(c3ccc(-c4ccccc4)cc3)c3ccc(-c4ccc5ccccc5c4)cc3)cc2)c1. The molecule has 1 nitrogen and oxygen atoms in total. The van der Waals surface area contributed by atoms with E-state index in [2.05, 4.69) is 219 Å². The Bertz CT molecular complexity index is 2350. The maximum atomic E-state index is 2.34. The monoisotopic (exact) mass is 641 g/mol. The molecule has 0 aromatic heterocycles. The van der Waals surface area contributed by atoms with E-state index in [1.165, 1.54) is 55.3 Å². The summed E-state index contributed by atoms with van der Waals surface area (Å²) in [4.78, 5) is 2.34. The van der Waals surface area contributed by atoms with Crippen molar-refractivity contribution in [1.82, 2.24) is 0 Å². The predicted octanol–water partition coefficient (Wildman–Crippen LogP) is 13.6. The molecule has 0 spiro atoms. The highest BCUT2D eigenvalue weighted by Gasteiger charge is 2.23. The van der Waals surface area contributed by atoms with E-state index in [9.17, 15) is 0 Å². The van der Waals surface area contributed by atoms with Gasteiger partial charge in [-0.05, 0) is 97.7 Å². The minimum atomic E-state index is -0.0983. The van der Waals surface area contributed by atoms with Crippen molar-refractivity contribution in [2.75, 3.05) is 4.90 Å². The van der Waals surface area contributed by atoms with Gasteiger partial charge >= 0.3 is 0 Å². The molecule has 1 heteroatoms. The molecule has 0 N–H and O–H groups in total. The summed E-state index contributed by atoms with van der Waals surface area (Å²) >= 11 is 0. The number of anilines is 3. The fourth-order valence-electron chi connectivity index (χ4n) is 6.96. The van der Waals surface area contributed by atoms with Crippen molar-refractivity contribution in [2.45, 2.75) is 19.3 Å². The Labute approximate surface area is 295 Å². The molecule has 0 radical (unpaired) electrons. The first-order chi connectivity index (χ1) is 24.5. The molecular weight excluding hydrogens is 603 g/mol. The van der Waals surface area contributed by atoms with Gasteiger partial charge in [-0.2, -0.15) is 0 Å². The van der Waals surface area contributed by atoms with Crippen molar-refractivity contribution < 1.29 is 0 Å². The minimum absolute atomic E-state index is 0.0983. The lowest BCUT2D eigenvalue weighted by atomic mass is 9.77. The average molecular weight is 642 g/mol. The van der Waals surface area contributed by atoms with Gasteiger partial charge in [-0.25, -0.2) is 0 Å². The molecule has 0 bridgehead atoms. The molecule has 0 saturated carbocycles. The van der Waals surface area contributed by atoms with Gasteiger partial charge < -0.3 is 4.90 Å². The average Bonchev–Trinajstić information content (AvgIpc) is 3.19. The van der Waals surface area contributed by atoms with Crippen molar-refractivity contribution >= 4 is 27.8 Å².